The van der Waals surface area contributed by atoms with E-state index in [1.807, 2.05) is 48.5 Å². The van der Waals surface area contributed by atoms with Gasteiger partial charge in [-0.2, -0.15) is 0 Å². The number of benzene rings is 3. The van der Waals surface area contributed by atoms with Gasteiger partial charge in [0.05, 0.1) is 19.3 Å². The number of halogens is 1. The first-order chi connectivity index (χ1) is 15.7. The molecule has 1 atom stereocenters. The van der Waals surface area contributed by atoms with E-state index in [1.165, 1.54) is 11.6 Å². The van der Waals surface area contributed by atoms with Crippen molar-refractivity contribution in [2.45, 2.75) is 18.9 Å². The Balaban J connectivity index is 1.46. The number of ether oxygens (including phenoxy) is 1. The maximum Gasteiger partial charge on any atom is 0.251 e. The highest BCUT2D eigenvalue weighted by molar-refractivity contribution is 5.95. The minimum absolute atomic E-state index is 0.0941. The molecule has 0 radical (unpaired) electrons. The molecule has 1 aliphatic rings. The average molecular weight is 433 g/mol. The van der Waals surface area contributed by atoms with Crippen molar-refractivity contribution in [3.05, 3.63) is 107 Å². The molecule has 4 rings (SSSR count). The third-order valence-corrected chi connectivity index (χ3v) is 5.96. The van der Waals surface area contributed by atoms with Gasteiger partial charge in [-0.3, -0.25) is 9.69 Å². The number of carbonyl (C=O) groups is 1. The van der Waals surface area contributed by atoms with Crippen LogP contribution in [-0.2, 0) is 17.6 Å². The summed E-state index contributed by atoms with van der Waals surface area (Å²) < 4.78 is 19.4. The molecule has 0 aromatic heterocycles. The van der Waals surface area contributed by atoms with E-state index in [0.29, 0.717) is 25.3 Å². The van der Waals surface area contributed by atoms with Crippen LogP contribution in [0.1, 0.15) is 33.1 Å². The van der Waals surface area contributed by atoms with Crippen molar-refractivity contribution in [1.29, 1.82) is 0 Å². The van der Waals surface area contributed by atoms with Gasteiger partial charge in [-0.05, 0) is 47.7 Å². The summed E-state index contributed by atoms with van der Waals surface area (Å²) >= 11 is 0. The van der Waals surface area contributed by atoms with E-state index < -0.39 is 0 Å². The van der Waals surface area contributed by atoms with Crippen molar-refractivity contribution in [3.63, 3.8) is 0 Å². The Morgan fingerprint density at radius 2 is 1.69 bits per heavy atom. The van der Waals surface area contributed by atoms with Crippen LogP contribution in [0.3, 0.4) is 0 Å². The minimum Gasteiger partial charge on any atom is -0.379 e. The molecule has 1 N–H and O–H groups in total. The van der Waals surface area contributed by atoms with Crippen LogP contribution in [0.15, 0.2) is 78.9 Å². The Morgan fingerprint density at radius 1 is 0.938 bits per heavy atom. The molecule has 1 heterocycles. The van der Waals surface area contributed by atoms with Crippen molar-refractivity contribution in [1.82, 2.24) is 10.2 Å². The van der Waals surface area contributed by atoms with Gasteiger partial charge >= 0.3 is 0 Å². The molecule has 4 nitrogen and oxygen atoms in total. The summed E-state index contributed by atoms with van der Waals surface area (Å²) in [5.74, 6) is -0.360. The van der Waals surface area contributed by atoms with E-state index in [4.69, 9.17) is 4.74 Å². The number of hydrogen-bond acceptors (Lipinski definition) is 3. The quantitative estimate of drug-likeness (QED) is 0.573. The zero-order valence-electron chi connectivity index (χ0n) is 18.2. The lowest BCUT2D eigenvalue weighted by atomic mass is 9.99. The zero-order valence-corrected chi connectivity index (χ0v) is 18.2. The molecule has 1 saturated heterocycles. The normalized spacial score (nSPS) is 15.3. The highest BCUT2D eigenvalue weighted by Crippen LogP contribution is 2.22. The molecule has 1 fully saturated rings. The third kappa shape index (κ3) is 5.81. The van der Waals surface area contributed by atoms with Crippen molar-refractivity contribution in [3.8, 4) is 0 Å². The first-order valence-electron chi connectivity index (χ1n) is 11.2. The molecule has 32 heavy (non-hydrogen) atoms. The minimum atomic E-state index is -0.265. The molecule has 3 aromatic rings. The van der Waals surface area contributed by atoms with Crippen LogP contribution in [0.25, 0.3) is 0 Å². The summed E-state index contributed by atoms with van der Waals surface area (Å²) in [5, 5.41) is 3.11. The fourth-order valence-corrected chi connectivity index (χ4v) is 4.23. The summed E-state index contributed by atoms with van der Waals surface area (Å²) in [4.78, 5) is 15.4. The summed E-state index contributed by atoms with van der Waals surface area (Å²) in [7, 11) is 0. The standard InChI is InChI=1S/C27H29FN2O2/c28-24-11-6-10-23(19-24)26(30-15-17-32-18-16-30)20-29-27(31)25-12-5-4-9-22(25)14-13-21-7-2-1-3-8-21/h1-12,19,26H,13-18,20H2,(H,29,31). The maximum atomic E-state index is 13.9. The number of rotatable bonds is 8. The molecule has 1 amide bonds. The van der Waals surface area contributed by atoms with Crippen LogP contribution in [0.5, 0.6) is 0 Å². The fraction of sp³-hybridized carbons (Fsp3) is 0.296. The predicted molar refractivity (Wildman–Crippen MR) is 124 cm³/mol. The molecule has 1 aliphatic heterocycles. The van der Waals surface area contributed by atoms with Gasteiger partial charge < -0.3 is 10.1 Å². The van der Waals surface area contributed by atoms with Crippen molar-refractivity contribution in [2.75, 3.05) is 32.8 Å². The summed E-state index contributed by atoms with van der Waals surface area (Å²) in [6.07, 6.45) is 1.68. The van der Waals surface area contributed by atoms with Gasteiger partial charge in [0.1, 0.15) is 5.82 Å². The summed E-state index contributed by atoms with van der Waals surface area (Å²) in [6, 6.07) is 24.6. The van der Waals surface area contributed by atoms with Gasteiger partial charge in [-0.25, -0.2) is 4.39 Å². The van der Waals surface area contributed by atoms with Gasteiger partial charge in [-0.15, -0.1) is 0 Å². The van der Waals surface area contributed by atoms with E-state index in [9.17, 15) is 9.18 Å². The molecule has 166 valence electrons. The van der Waals surface area contributed by atoms with Crippen molar-refractivity contribution >= 4 is 5.91 Å². The van der Waals surface area contributed by atoms with Crippen LogP contribution in [0, 0.1) is 5.82 Å². The zero-order chi connectivity index (χ0) is 22.2. The van der Waals surface area contributed by atoms with E-state index in [-0.39, 0.29) is 17.8 Å². The smallest absolute Gasteiger partial charge is 0.251 e. The average Bonchev–Trinajstić information content (AvgIpc) is 2.84. The molecular weight excluding hydrogens is 403 g/mol. The van der Waals surface area contributed by atoms with Crippen molar-refractivity contribution < 1.29 is 13.9 Å². The second-order valence-electron chi connectivity index (χ2n) is 8.07. The van der Waals surface area contributed by atoms with Crippen molar-refractivity contribution in [2.24, 2.45) is 0 Å². The Labute approximate surface area is 189 Å². The van der Waals surface area contributed by atoms with E-state index in [0.717, 1.165) is 37.1 Å². The molecule has 0 saturated carbocycles. The number of nitrogens with one attached hydrogen (secondary N) is 1. The number of aryl methyl sites for hydroxylation is 2. The van der Waals surface area contributed by atoms with Gasteiger partial charge in [0, 0.05) is 25.2 Å². The second kappa shape index (κ2) is 11.0. The van der Waals surface area contributed by atoms with Crippen LogP contribution < -0.4 is 5.32 Å². The predicted octanol–water partition coefficient (Wildman–Crippen LogP) is 4.41. The topological polar surface area (TPSA) is 41.6 Å². The molecule has 5 heteroatoms. The summed E-state index contributed by atoms with van der Waals surface area (Å²) in [5.41, 5.74) is 3.84. The maximum absolute atomic E-state index is 13.9. The van der Waals surface area contributed by atoms with Crippen LogP contribution in [0.4, 0.5) is 4.39 Å². The summed E-state index contributed by atoms with van der Waals surface area (Å²) in [6.45, 7) is 3.20. The Hall–Kier alpha value is -3.02. The second-order valence-corrected chi connectivity index (χ2v) is 8.07. The molecule has 3 aromatic carbocycles. The lowest BCUT2D eigenvalue weighted by Crippen LogP contribution is -2.44. The van der Waals surface area contributed by atoms with Gasteiger partial charge in [0.15, 0.2) is 0 Å². The van der Waals surface area contributed by atoms with Crippen LogP contribution >= 0.6 is 0 Å². The monoisotopic (exact) mass is 432 g/mol. The SMILES string of the molecule is O=C(NCC(c1cccc(F)c1)N1CCOCC1)c1ccccc1CCc1ccccc1. The van der Waals surface area contributed by atoms with E-state index >= 15 is 0 Å². The van der Waals surface area contributed by atoms with E-state index in [2.05, 4.69) is 22.3 Å². The van der Waals surface area contributed by atoms with Crippen LogP contribution in [-0.4, -0.2) is 43.7 Å². The lowest BCUT2D eigenvalue weighted by molar-refractivity contribution is 0.0162. The lowest BCUT2D eigenvalue weighted by Gasteiger charge is -2.35. The first-order valence-corrected chi connectivity index (χ1v) is 11.2. The molecule has 1 unspecified atom stereocenters. The number of hydrogen-bond donors (Lipinski definition) is 1. The number of nitrogens with zero attached hydrogens (tertiary/aromatic N) is 1. The van der Waals surface area contributed by atoms with E-state index in [1.54, 1.807) is 12.1 Å². The molecular formula is C27H29FN2O2. The highest BCUT2D eigenvalue weighted by atomic mass is 19.1. The van der Waals surface area contributed by atoms with Gasteiger partial charge in [0.2, 0.25) is 0 Å². The first kappa shape index (κ1) is 22.2. The Kier molecular flexibility index (Phi) is 7.64. The Morgan fingerprint density at radius 3 is 2.47 bits per heavy atom. The molecule has 0 aliphatic carbocycles. The van der Waals surface area contributed by atoms with Gasteiger partial charge in [0.25, 0.3) is 5.91 Å². The number of morpholine rings is 1. The molecule has 0 spiro atoms. The van der Waals surface area contributed by atoms with Crippen LogP contribution in [0.2, 0.25) is 0 Å². The number of carbonyl (C=O) groups excluding carboxylic acids is 1. The Bertz CT molecular complexity index is 1020. The molecule has 0 bridgehead atoms. The highest BCUT2D eigenvalue weighted by Gasteiger charge is 2.24. The third-order valence-electron chi connectivity index (χ3n) is 5.96. The fourth-order valence-electron chi connectivity index (χ4n) is 4.23. The number of amides is 1. The largest absolute Gasteiger partial charge is 0.379 e. The van der Waals surface area contributed by atoms with Gasteiger partial charge in [-0.1, -0.05) is 60.7 Å².